The molecular formula is C11H10ClF3O4S. The Morgan fingerprint density at radius 1 is 1.35 bits per heavy atom. The lowest BCUT2D eigenvalue weighted by atomic mass is 10.1. The zero-order chi connectivity index (χ0) is 15.7. The summed E-state index contributed by atoms with van der Waals surface area (Å²) in [4.78, 5) is 9.82. The maximum atomic E-state index is 12.4. The molecule has 1 atom stereocenters. The zero-order valence-corrected chi connectivity index (χ0v) is 11.9. The van der Waals surface area contributed by atoms with Gasteiger partial charge in [-0.05, 0) is 19.1 Å². The van der Waals surface area contributed by atoms with Gasteiger partial charge < -0.3 is 4.74 Å². The molecule has 0 aliphatic heterocycles. The smallest absolute Gasteiger partial charge is 0.458 e. The molecule has 0 aliphatic carbocycles. The highest BCUT2D eigenvalue weighted by Crippen LogP contribution is 2.34. The maximum Gasteiger partial charge on any atom is 0.501 e. The Labute approximate surface area is 118 Å². The summed E-state index contributed by atoms with van der Waals surface area (Å²) in [5, 5.41) is -0.232. The van der Waals surface area contributed by atoms with E-state index in [2.05, 4.69) is 0 Å². The molecule has 0 aliphatic rings. The number of benzene rings is 1. The second kappa shape index (κ2) is 5.61. The SMILES string of the molecule is CC(=O)OC(C)c1ccc(S(=O)(=O)C(F)(F)F)cc1Cl. The lowest BCUT2D eigenvalue weighted by Crippen LogP contribution is -2.23. The van der Waals surface area contributed by atoms with Gasteiger partial charge in [-0.2, -0.15) is 13.2 Å². The number of carbonyl (C=O) groups excluding carboxylic acids is 1. The van der Waals surface area contributed by atoms with Crippen LogP contribution in [-0.2, 0) is 19.4 Å². The Morgan fingerprint density at radius 3 is 2.30 bits per heavy atom. The van der Waals surface area contributed by atoms with Gasteiger partial charge in [0.25, 0.3) is 9.84 Å². The van der Waals surface area contributed by atoms with E-state index in [0.717, 1.165) is 19.1 Å². The number of hydrogen-bond acceptors (Lipinski definition) is 4. The summed E-state index contributed by atoms with van der Waals surface area (Å²) < 4.78 is 64.4. The van der Waals surface area contributed by atoms with Crippen LogP contribution in [0.4, 0.5) is 13.2 Å². The molecule has 0 aromatic heterocycles. The fourth-order valence-corrected chi connectivity index (χ4v) is 2.64. The number of esters is 1. The van der Waals surface area contributed by atoms with Gasteiger partial charge in [-0.25, -0.2) is 8.42 Å². The monoisotopic (exact) mass is 330 g/mol. The van der Waals surface area contributed by atoms with Crippen LogP contribution in [0.25, 0.3) is 0 Å². The molecule has 0 N–H and O–H groups in total. The molecule has 1 aromatic rings. The number of carbonyl (C=O) groups is 1. The summed E-state index contributed by atoms with van der Waals surface area (Å²) in [7, 11) is -5.46. The minimum Gasteiger partial charge on any atom is -0.458 e. The van der Waals surface area contributed by atoms with Crippen molar-refractivity contribution < 1.29 is 31.1 Å². The van der Waals surface area contributed by atoms with Crippen LogP contribution in [0.5, 0.6) is 0 Å². The van der Waals surface area contributed by atoms with E-state index in [9.17, 15) is 26.4 Å². The second-order valence-electron chi connectivity index (χ2n) is 3.88. The highest BCUT2D eigenvalue weighted by atomic mass is 35.5. The Bertz CT molecular complexity index is 625. The van der Waals surface area contributed by atoms with Crippen LogP contribution in [0.15, 0.2) is 23.1 Å². The number of rotatable bonds is 3. The molecule has 0 saturated carbocycles. The summed E-state index contributed by atoms with van der Waals surface area (Å²) in [5.74, 6) is -0.597. The first-order valence-electron chi connectivity index (χ1n) is 5.25. The van der Waals surface area contributed by atoms with Crippen LogP contribution in [0.1, 0.15) is 25.5 Å². The van der Waals surface area contributed by atoms with E-state index in [1.165, 1.54) is 6.92 Å². The number of halogens is 4. The van der Waals surface area contributed by atoms with Crippen LogP contribution < -0.4 is 0 Å². The molecule has 9 heteroatoms. The molecule has 0 bridgehead atoms. The summed E-state index contributed by atoms with van der Waals surface area (Å²) in [6.07, 6.45) is -0.803. The van der Waals surface area contributed by atoms with Crippen molar-refractivity contribution in [2.45, 2.75) is 30.4 Å². The van der Waals surface area contributed by atoms with Gasteiger partial charge in [0.1, 0.15) is 6.10 Å². The number of sulfone groups is 1. The minimum atomic E-state index is -5.46. The molecule has 0 saturated heterocycles. The van der Waals surface area contributed by atoms with Gasteiger partial charge in [0.05, 0.1) is 4.90 Å². The molecule has 1 rings (SSSR count). The molecule has 0 heterocycles. The van der Waals surface area contributed by atoms with E-state index in [1.54, 1.807) is 0 Å². The fraction of sp³-hybridized carbons (Fsp3) is 0.364. The van der Waals surface area contributed by atoms with Crippen LogP contribution in [0, 0.1) is 0 Å². The van der Waals surface area contributed by atoms with E-state index in [-0.39, 0.29) is 10.6 Å². The summed E-state index contributed by atoms with van der Waals surface area (Å²) in [6.45, 7) is 2.62. The predicted octanol–water partition coefficient (Wildman–Crippen LogP) is 3.26. The molecule has 4 nitrogen and oxygen atoms in total. The highest BCUT2D eigenvalue weighted by Gasteiger charge is 2.47. The fourth-order valence-electron chi connectivity index (χ4n) is 1.45. The van der Waals surface area contributed by atoms with Crippen molar-refractivity contribution in [3.63, 3.8) is 0 Å². The average Bonchev–Trinajstić information content (AvgIpc) is 2.25. The van der Waals surface area contributed by atoms with Crippen LogP contribution in [0.2, 0.25) is 5.02 Å². The molecule has 20 heavy (non-hydrogen) atoms. The third kappa shape index (κ3) is 3.43. The lowest BCUT2D eigenvalue weighted by molar-refractivity contribution is -0.145. The van der Waals surface area contributed by atoms with Gasteiger partial charge >= 0.3 is 11.5 Å². The summed E-state index contributed by atoms with van der Waals surface area (Å²) >= 11 is 5.74. The predicted molar refractivity (Wildman–Crippen MR) is 64.9 cm³/mol. The topological polar surface area (TPSA) is 60.4 Å². The van der Waals surface area contributed by atoms with Gasteiger partial charge in [0, 0.05) is 17.5 Å². The van der Waals surface area contributed by atoms with Gasteiger partial charge in [-0.1, -0.05) is 17.7 Å². The number of hydrogen-bond donors (Lipinski definition) is 0. The maximum absolute atomic E-state index is 12.4. The van der Waals surface area contributed by atoms with Gasteiger partial charge in [0.2, 0.25) is 0 Å². The molecule has 112 valence electrons. The molecule has 1 aromatic carbocycles. The molecule has 0 spiro atoms. The largest absolute Gasteiger partial charge is 0.501 e. The summed E-state index contributed by atoms with van der Waals surface area (Å²) in [5.41, 5.74) is -5.19. The Hall–Kier alpha value is -1.28. The first-order valence-corrected chi connectivity index (χ1v) is 7.11. The van der Waals surface area contributed by atoms with Crippen LogP contribution in [-0.4, -0.2) is 19.9 Å². The normalized spacial score (nSPS) is 13.9. The van der Waals surface area contributed by atoms with Crippen molar-refractivity contribution in [2.24, 2.45) is 0 Å². The van der Waals surface area contributed by atoms with Gasteiger partial charge in [-0.15, -0.1) is 0 Å². The van der Waals surface area contributed by atoms with Crippen molar-refractivity contribution in [2.75, 3.05) is 0 Å². The lowest BCUT2D eigenvalue weighted by Gasteiger charge is -2.15. The first-order chi connectivity index (χ1) is 8.96. The standard InChI is InChI=1S/C11H10ClF3O4S/c1-6(19-7(2)16)9-4-3-8(5-10(9)12)20(17,18)11(13,14)15/h3-6H,1-2H3. The number of alkyl halides is 3. The second-order valence-corrected chi connectivity index (χ2v) is 6.23. The molecule has 0 radical (unpaired) electrons. The zero-order valence-electron chi connectivity index (χ0n) is 10.4. The molecule has 1 unspecified atom stereocenters. The Balaban J connectivity index is 3.21. The first kappa shape index (κ1) is 16.8. The minimum absolute atomic E-state index is 0.211. The Morgan fingerprint density at radius 2 is 1.90 bits per heavy atom. The van der Waals surface area contributed by atoms with Crippen molar-refractivity contribution in [3.8, 4) is 0 Å². The summed E-state index contributed by atoms with van der Waals surface area (Å²) in [6, 6.07) is 2.53. The van der Waals surface area contributed by atoms with E-state index in [4.69, 9.17) is 16.3 Å². The average molecular weight is 331 g/mol. The van der Waals surface area contributed by atoms with Crippen molar-refractivity contribution in [1.29, 1.82) is 0 Å². The van der Waals surface area contributed by atoms with Gasteiger partial charge in [-0.3, -0.25) is 4.79 Å². The molecule has 0 fully saturated rings. The highest BCUT2D eigenvalue weighted by molar-refractivity contribution is 7.92. The molecule has 0 amide bonds. The van der Waals surface area contributed by atoms with E-state index >= 15 is 0 Å². The molecular weight excluding hydrogens is 321 g/mol. The van der Waals surface area contributed by atoms with E-state index < -0.39 is 32.3 Å². The Kier molecular flexibility index (Phi) is 4.70. The van der Waals surface area contributed by atoms with Crippen molar-refractivity contribution in [3.05, 3.63) is 28.8 Å². The van der Waals surface area contributed by atoms with Crippen LogP contribution in [0.3, 0.4) is 0 Å². The van der Waals surface area contributed by atoms with Gasteiger partial charge in [0.15, 0.2) is 0 Å². The van der Waals surface area contributed by atoms with Crippen molar-refractivity contribution in [1.82, 2.24) is 0 Å². The quantitative estimate of drug-likeness (QED) is 0.798. The third-order valence-electron chi connectivity index (χ3n) is 2.37. The van der Waals surface area contributed by atoms with E-state index in [1.807, 2.05) is 0 Å². The third-order valence-corrected chi connectivity index (χ3v) is 4.18. The van der Waals surface area contributed by atoms with Crippen molar-refractivity contribution >= 4 is 27.4 Å². The van der Waals surface area contributed by atoms with E-state index in [0.29, 0.717) is 6.07 Å². The number of ether oxygens (including phenoxy) is 1. The van der Waals surface area contributed by atoms with Crippen LogP contribution >= 0.6 is 11.6 Å².